The van der Waals surface area contributed by atoms with E-state index in [2.05, 4.69) is 20.4 Å². The summed E-state index contributed by atoms with van der Waals surface area (Å²) in [6.07, 6.45) is 14.4. The molecule has 0 aliphatic carbocycles. The topological polar surface area (TPSA) is 68.0 Å². The molecule has 6 nitrogen and oxygen atoms in total. The van der Waals surface area contributed by atoms with Gasteiger partial charge in [0.05, 0.1) is 35.5 Å². The number of fused-ring (bicyclic) bond motifs is 1. The van der Waals surface area contributed by atoms with Gasteiger partial charge in [0.25, 0.3) is 0 Å². The Morgan fingerprint density at radius 3 is 3.09 bits per heavy atom. The number of hydrogen-bond donors (Lipinski definition) is 1. The fourth-order valence-corrected chi connectivity index (χ4v) is 3.06. The fraction of sp³-hybridized carbons (Fsp3) is 0.375. The van der Waals surface area contributed by atoms with Gasteiger partial charge in [0.2, 0.25) is 0 Å². The molecule has 1 aliphatic heterocycles. The summed E-state index contributed by atoms with van der Waals surface area (Å²) < 4.78 is 1.81. The van der Waals surface area contributed by atoms with E-state index in [1.807, 2.05) is 29.3 Å². The minimum absolute atomic E-state index is 0.656. The number of aromatic nitrogens is 5. The monoisotopic (exact) mass is 294 g/mol. The lowest BCUT2D eigenvalue weighted by atomic mass is 9.95. The maximum absolute atomic E-state index is 4.79. The fourth-order valence-electron chi connectivity index (χ4n) is 3.06. The first-order valence-corrected chi connectivity index (χ1v) is 7.69. The van der Waals surface area contributed by atoms with Crippen LogP contribution in [-0.2, 0) is 6.42 Å². The highest BCUT2D eigenvalue weighted by molar-refractivity contribution is 5.76. The molecule has 3 aromatic heterocycles. The van der Waals surface area contributed by atoms with Crippen molar-refractivity contribution in [1.82, 2.24) is 29.9 Å². The molecule has 4 heterocycles. The van der Waals surface area contributed by atoms with Crippen LogP contribution in [0.5, 0.6) is 0 Å². The molecule has 1 saturated heterocycles. The predicted octanol–water partition coefficient (Wildman–Crippen LogP) is 1.73. The van der Waals surface area contributed by atoms with E-state index in [4.69, 9.17) is 4.98 Å². The van der Waals surface area contributed by atoms with E-state index in [0.717, 1.165) is 42.0 Å². The van der Waals surface area contributed by atoms with E-state index in [1.54, 1.807) is 12.4 Å². The Morgan fingerprint density at radius 2 is 2.18 bits per heavy atom. The van der Waals surface area contributed by atoms with Crippen LogP contribution in [0.15, 0.2) is 37.2 Å². The van der Waals surface area contributed by atoms with Gasteiger partial charge in [-0.05, 0) is 38.3 Å². The molecule has 4 rings (SSSR count). The van der Waals surface area contributed by atoms with Crippen molar-refractivity contribution in [1.29, 1.82) is 0 Å². The van der Waals surface area contributed by atoms with Gasteiger partial charge in [-0.2, -0.15) is 5.10 Å². The normalized spacial score (nSPS) is 18.6. The minimum atomic E-state index is 0.656. The predicted molar refractivity (Wildman–Crippen MR) is 83.3 cm³/mol. The Morgan fingerprint density at radius 1 is 1.18 bits per heavy atom. The summed E-state index contributed by atoms with van der Waals surface area (Å²) in [6.45, 7) is 2.21. The van der Waals surface area contributed by atoms with E-state index in [1.165, 1.54) is 12.8 Å². The Bertz CT molecular complexity index is 775. The number of hydrogen-bond acceptors (Lipinski definition) is 5. The van der Waals surface area contributed by atoms with Crippen molar-refractivity contribution in [2.24, 2.45) is 5.92 Å². The Balaban J connectivity index is 1.63. The quantitative estimate of drug-likeness (QED) is 0.796. The molecule has 0 unspecified atom stereocenters. The molecular formula is C16H18N6. The molecule has 1 atom stereocenters. The molecular weight excluding hydrogens is 276 g/mol. The first-order chi connectivity index (χ1) is 10.9. The number of piperidine rings is 1. The third kappa shape index (κ3) is 2.57. The lowest BCUT2D eigenvalue weighted by molar-refractivity contribution is 0.373. The lowest BCUT2D eigenvalue weighted by Gasteiger charge is -2.22. The van der Waals surface area contributed by atoms with E-state index < -0.39 is 0 Å². The van der Waals surface area contributed by atoms with E-state index >= 15 is 0 Å². The standard InChI is InChI=1S/C16H18N6/c1-2-12(7-17-3-1)6-13-8-19-10-15(21-13)14-9-20-22-5-4-18-11-16(14)22/h4-5,8-12,17H,1-3,6-7H2/t12-/m0/s1. The molecule has 0 amide bonds. The number of nitrogens with one attached hydrogen (secondary N) is 1. The smallest absolute Gasteiger partial charge is 0.0939 e. The van der Waals surface area contributed by atoms with Crippen LogP contribution in [0.4, 0.5) is 0 Å². The third-order valence-corrected chi connectivity index (χ3v) is 4.18. The summed E-state index contributed by atoms with van der Waals surface area (Å²) in [5.74, 6) is 0.656. The molecule has 0 saturated carbocycles. The van der Waals surface area contributed by atoms with Gasteiger partial charge in [0.1, 0.15) is 0 Å². The van der Waals surface area contributed by atoms with Crippen molar-refractivity contribution in [2.75, 3.05) is 13.1 Å². The van der Waals surface area contributed by atoms with Crippen LogP contribution in [0.1, 0.15) is 18.5 Å². The maximum atomic E-state index is 4.79. The number of nitrogens with zero attached hydrogens (tertiary/aromatic N) is 5. The van der Waals surface area contributed by atoms with Crippen molar-refractivity contribution in [3.8, 4) is 11.3 Å². The summed E-state index contributed by atoms with van der Waals surface area (Å²) in [4.78, 5) is 13.3. The Hall–Kier alpha value is -2.34. The minimum Gasteiger partial charge on any atom is -0.316 e. The van der Waals surface area contributed by atoms with Crippen LogP contribution in [-0.4, -0.2) is 37.7 Å². The highest BCUT2D eigenvalue weighted by Crippen LogP contribution is 2.22. The lowest BCUT2D eigenvalue weighted by Crippen LogP contribution is -2.31. The van der Waals surface area contributed by atoms with Gasteiger partial charge in [-0.3, -0.25) is 9.97 Å². The summed E-state index contributed by atoms with van der Waals surface area (Å²) >= 11 is 0. The molecule has 0 bridgehead atoms. The molecule has 0 spiro atoms. The van der Waals surface area contributed by atoms with Crippen molar-refractivity contribution >= 4 is 5.52 Å². The van der Waals surface area contributed by atoms with Crippen LogP contribution in [0, 0.1) is 5.92 Å². The first-order valence-electron chi connectivity index (χ1n) is 7.69. The highest BCUT2D eigenvalue weighted by Gasteiger charge is 2.15. The average Bonchev–Trinajstić information content (AvgIpc) is 3.00. The van der Waals surface area contributed by atoms with Crippen LogP contribution in [0.2, 0.25) is 0 Å². The van der Waals surface area contributed by atoms with E-state index in [0.29, 0.717) is 5.92 Å². The van der Waals surface area contributed by atoms with Gasteiger partial charge in [-0.25, -0.2) is 9.50 Å². The Kier molecular flexibility index (Phi) is 3.52. The van der Waals surface area contributed by atoms with Crippen LogP contribution in [0.3, 0.4) is 0 Å². The molecule has 0 aromatic carbocycles. The van der Waals surface area contributed by atoms with Crippen molar-refractivity contribution in [3.05, 3.63) is 42.9 Å². The van der Waals surface area contributed by atoms with E-state index in [9.17, 15) is 0 Å². The maximum Gasteiger partial charge on any atom is 0.0939 e. The second kappa shape index (κ2) is 5.81. The van der Waals surface area contributed by atoms with Crippen molar-refractivity contribution in [3.63, 3.8) is 0 Å². The van der Waals surface area contributed by atoms with Gasteiger partial charge in [0.15, 0.2) is 0 Å². The van der Waals surface area contributed by atoms with Gasteiger partial charge < -0.3 is 5.32 Å². The average molecular weight is 294 g/mol. The van der Waals surface area contributed by atoms with Crippen LogP contribution >= 0.6 is 0 Å². The molecule has 6 heteroatoms. The van der Waals surface area contributed by atoms with Crippen LogP contribution in [0.25, 0.3) is 16.8 Å². The SMILES string of the molecule is c1cn2ncc(-c3cncc(C[C@@H]4CCCNC4)n3)c2cn1. The molecule has 112 valence electrons. The molecule has 1 N–H and O–H groups in total. The van der Waals surface area contributed by atoms with Gasteiger partial charge in [-0.1, -0.05) is 0 Å². The zero-order valence-corrected chi connectivity index (χ0v) is 12.3. The van der Waals surface area contributed by atoms with Crippen LogP contribution < -0.4 is 5.32 Å². The molecule has 1 aliphatic rings. The van der Waals surface area contributed by atoms with Gasteiger partial charge >= 0.3 is 0 Å². The summed E-state index contributed by atoms with van der Waals surface area (Å²) in [5.41, 5.74) is 3.84. The molecule has 22 heavy (non-hydrogen) atoms. The molecule has 1 fully saturated rings. The second-order valence-corrected chi connectivity index (χ2v) is 5.78. The largest absolute Gasteiger partial charge is 0.316 e. The first kappa shape index (κ1) is 13.3. The third-order valence-electron chi connectivity index (χ3n) is 4.18. The number of rotatable bonds is 3. The molecule has 3 aromatic rings. The summed E-state index contributed by atoms with van der Waals surface area (Å²) in [5, 5.41) is 7.79. The highest BCUT2D eigenvalue weighted by atomic mass is 15.2. The van der Waals surface area contributed by atoms with Gasteiger partial charge in [0, 0.05) is 24.2 Å². The van der Waals surface area contributed by atoms with Crippen molar-refractivity contribution < 1.29 is 0 Å². The Labute approximate surface area is 128 Å². The van der Waals surface area contributed by atoms with E-state index in [-0.39, 0.29) is 0 Å². The summed E-state index contributed by atoms with van der Waals surface area (Å²) in [6, 6.07) is 0. The second-order valence-electron chi connectivity index (χ2n) is 5.78. The zero-order valence-electron chi connectivity index (χ0n) is 12.3. The summed E-state index contributed by atoms with van der Waals surface area (Å²) in [7, 11) is 0. The zero-order chi connectivity index (χ0) is 14.8. The van der Waals surface area contributed by atoms with Crippen molar-refractivity contribution in [2.45, 2.75) is 19.3 Å². The van der Waals surface area contributed by atoms with Gasteiger partial charge in [-0.15, -0.1) is 0 Å². The molecule has 0 radical (unpaired) electrons.